The summed E-state index contributed by atoms with van der Waals surface area (Å²) in [6, 6.07) is 14.9. The summed E-state index contributed by atoms with van der Waals surface area (Å²) in [6.45, 7) is 4.28. The first-order valence-electron chi connectivity index (χ1n) is 8.74. The lowest BCUT2D eigenvalue weighted by Gasteiger charge is -2.13. The molecule has 0 radical (unpaired) electrons. The molecule has 0 bridgehead atoms. The Morgan fingerprint density at radius 1 is 1.18 bits per heavy atom. The molecule has 0 spiro atoms. The van der Waals surface area contributed by atoms with Crippen LogP contribution in [0.5, 0.6) is 5.75 Å². The Kier molecular flexibility index (Phi) is 6.95. The van der Waals surface area contributed by atoms with Crippen LogP contribution in [-0.4, -0.2) is 21.9 Å². The van der Waals surface area contributed by atoms with E-state index in [9.17, 15) is 4.79 Å². The predicted octanol–water partition coefficient (Wildman–Crippen LogP) is 5.16. The van der Waals surface area contributed by atoms with Gasteiger partial charge < -0.3 is 14.5 Å². The fraction of sp³-hybridized carbons (Fsp3) is 0.250. The van der Waals surface area contributed by atoms with E-state index in [0.717, 1.165) is 11.3 Å². The van der Waals surface area contributed by atoms with E-state index in [4.69, 9.17) is 20.8 Å². The van der Waals surface area contributed by atoms with E-state index in [2.05, 4.69) is 29.4 Å². The molecule has 8 heteroatoms. The van der Waals surface area contributed by atoms with Gasteiger partial charge in [0.05, 0.1) is 10.8 Å². The summed E-state index contributed by atoms with van der Waals surface area (Å²) in [5.41, 5.74) is 1.92. The number of ether oxygens (including phenoxy) is 1. The maximum Gasteiger partial charge on any atom is 0.277 e. The Morgan fingerprint density at radius 3 is 2.71 bits per heavy atom. The van der Waals surface area contributed by atoms with Gasteiger partial charge in [0.2, 0.25) is 5.91 Å². The molecule has 0 unspecified atom stereocenters. The highest BCUT2D eigenvalue weighted by molar-refractivity contribution is 7.99. The number of halogens is 1. The standard InChI is InChI=1S/C20H20ClN3O3S/c1-13(2)14-7-3-5-9-16(14)22-18(25)12-28-20-24-23-19(27-20)11-26-17-10-6-4-8-15(17)21/h3-10,13H,11-12H2,1-2H3,(H,22,25). The second-order valence-corrected chi connectivity index (χ2v) is 7.59. The van der Waals surface area contributed by atoms with Crippen LogP contribution in [0.25, 0.3) is 0 Å². The van der Waals surface area contributed by atoms with Crippen LogP contribution in [0.2, 0.25) is 5.02 Å². The van der Waals surface area contributed by atoms with Crippen LogP contribution in [-0.2, 0) is 11.4 Å². The van der Waals surface area contributed by atoms with E-state index >= 15 is 0 Å². The first-order chi connectivity index (χ1) is 13.5. The van der Waals surface area contributed by atoms with E-state index < -0.39 is 0 Å². The first kappa shape index (κ1) is 20.2. The van der Waals surface area contributed by atoms with Gasteiger partial charge in [-0.15, -0.1) is 10.2 Å². The zero-order valence-corrected chi connectivity index (χ0v) is 17.1. The van der Waals surface area contributed by atoms with E-state index in [-0.39, 0.29) is 18.3 Å². The molecule has 0 saturated heterocycles. The third-order valence-electron chi connectivity index (χ3n) is 3.82. The minimum absolute atomic E-state index is 0.102. The number of hydrogen-bond donors (Lipinski definition) is 1. The van der Waals surface area contributed by atoms with E-state index in [1.165, 1.54) is 11.8 Å². The average Bonchev–Trinajstić information content (AvgIpc) is 3.14. The highest BCUT2D eigenvalue weighted by Gasteiger charge is 2.13. The van der Waals surface area contributed by atoms with Crippen molar-refractivity contribution in [2.75, 3.05) is 11.1 Å². The molecule has 1 N–H and O–H groups in total. The molecule has 1 aromatic heterocycles. The number of carbonyl (C=O) groups is 1. The summed E-state index contributed by atoms with van der Waals surface area (Å²) >= 11 is 7.21. The molecule has 146 valence electrons. The first-order valence-corrected chi connectivity index (χ1v) is 10.1. The van der Waals surface area contributed by atoms with Gasteiger partial charge in [0.15, 0.2) is 6.61 Å². The lowest BCUT2D eigenvalue weighted by Crippen LogP contribution is -2.15. The molecule has 3 aromatic rings. The lowest BCUT2D eigenvalue weighted by molar-refractivity contribution is -0.113. The summed E-state index contributed by atoms with van der Waals surface area (Å²) in [6.07, 6.45) is 0. The van der Waals surface area contributed by atoms with Crippen molar-refractivity contribution >= 4 is 35.0 Å². The van der Waals surface area contributed by atoms with Crippen molar-refractivity contribution in [1.29, 1.82) is 0 Å². The van der Waals surface area contributed by atoms with Crippen molar-refractivity contribution in [1.82, 2.24) is 10.2 Å². The summed E-state index contributed by atoms with van der Waals surface area (Å²) in [5.74, 6) is 1.21. The summed E-state index contributed by atoms with van der Waals surface area (Å²) in [4.78, 5) is 12.3. The quantitative estimate of drug-likeness (QED) is 0.510. The molecular weight excluding hydrogens is 398 g/mol. The number of para-hydroxylation sites is 2. The Labute approximate surface area is 172 Å². The fourth-order valence-corrected chi connectivity index (χ4v) is 3.25. The SMILES string of the molecule is CC(C)c1ccccc1NC(=O)CSc1nnc(COc2ccccc2Cl)o1. The van der Waals surface area contributed by atoms with Gasteiger partial charge in [-0.3, -0.25) is 4.79 Å². The highest BCUT2D eigenvalue weighted by atomic mass is 35.5. The molecular formula is C20H20ClN3O3S. The van der Waals surface area contributed by atoms with Crippen LogP contribution in [0, 0.1) is 0 Å². The number of carbonyl (C=O) groups excluding carboxylic acids is 1. The van der Waals surface area contributed by atoms with Gasteiger partial charge in [-0.2, -0.15) is 0 Å². The molecule has 6 nitrogen and oxygen atoms in total. The normalized spacial score (nSPS) is 10.9. The number of nitrogens with one attached hydrogen (secondary N) is 1. The van der Waals surface area contributed by atoms with Crippen molar-refractivity contribution in [3.05, 3.63) is 65.0 Å². The zero-order chi connectivity index (χ0) is 19.9. The van der Waals surface area contributed by atoms with Crippen LogP contribution in [0.15, 0.2) is 58.2 Å². The topological polar surface area (TPSA) is 77.2 Å². The number of nitrogens with zero attached hydrogens (tertiary/aromatic N) is 2. The number of thioether (sulfide) groups is 1. The maximum atomic E-state index is 12.3. The monoisotopic (exact) mass is 417 g/mol. The van der Waals surface area contributed by atoms with Crippen molar-refractivity contribution < 1.29 is 13.9 Å². The molecule has 1 heterocycles. The zero-order valence-electron chi connectivity index (χ0n) is 15.5. The molecule has 28 heavy (non-hydrogen) atoms. The molecule has 1 amide bonds. The van der Waals surface area contributed by atoms with Crippen molar-refractivity contribution in [3.63, 3.8) is 0 Å². The summed E-state index contributed by atoms with van der Waals surface area (Å²) in [7, 11) is 0. The molecule has 0 fully saturated rings. The highest BCUT2D eigenvalue weighted by Crippen LogP contribution is 2.26. The van der Waals surface area contributed by atoms with Gasteiger partial charge in [0.25, 0.3) is 11.1 Å². The lowest BCUT2D eigenvalue weighted by atomic mass is 10.0. The smallest absolute Gasteiger partial charge is 0.277 e. The van der Waals surface area contributed by atoms with Crippen LogP contribution in [0.1, 0.15) is 31.2 Å². The number of anilines is 1. The van der Waals surface area contributed by atoms with Gasteiger partial charge in [-0.1, -0.05) is 67.5 Å². The molecule has 3 rings (SSSR count). The van der Waals surface area contributed by atoms with Crippen LogP contribution in [0.3, 0.4) is 0 Å². The van der Waals surface area contributed by atoms with Crippen molar-refractivity contribution in [2.24, 2.45) is 0 Å². The second-order valence-electron chi connectivity index (χ2n) is 6.26. The van der Waals surface area contributed by atoms with Crippen LogP contribution in [0.4, 0.5) is 5.69 Å². The Hall–Kier alpha value is -2.51. The van der Waals surface area contributed by atoms with Crippen LogP contribution >= 0.6 is 23.4 Å². The number of hydrogen-bond acceptors (Lipinski definition) is 6. The van der Waals surface area contributed by atoms with E-state index in [1.54, 1.807) is 12.1 Å². The molecule has 0 aliphatic carbocycles. The second kappa shape index (κ2) is 9.61. The predicted molar refractivity (Wildman–Crippen MR) is 110 cm³/mol. The largest absolute Gasteiger partial charge is 0.482 e. The molecule has 2 aromatic carbocycles. The minimum atomic E-state index is -0.134. The number of amides is 1. The molecule has 0 aliphatic rings. The summed E-state index contributed by atoms with van der Waals surface area (Å²) in [5, 5.41) is 11.6. The summed E-state index contributed by atoms with van der Waals surface area (Å²) < 4.78 is 11.1. The van der Waals surface area contributed by atoms with E-state index in [1.807, 2.05) is 36.4 Å². The average molecular weight is 418 g/mol. The van der Waals surface area contributed by atoms with Gasteiger partial charge in [-0.25, -0.2) is 0 Å². The van der Waals surface area contributed by atoms with Gasteiger partial charge in [0.1, 0.15) is 5.75 Å². The van der Waals surface area contributed by atoms with Gasteiger partial charge in [0, 0.05) is 5.69 Å². The molecule has 0 saturated carbocycles. The Bertz CT molecular complexity index is 946. The van der Waals surface area contributed by atoms with Crippen molar-refractivity contribution in [2.45, 2.75) is 31.6 Å². The Balaban J connectivity index is 1.50. The fourth-order valence-electron chi connectivity index (χ4n) is 2.48. The van der Waals surface area contributed by atoms with Crippen LogP contribution < -0.4 is 10.1 Å². The Morgan fingerprint density at radius 2 is 1.93 bits per heavy atom. The number of aromatic nitrogens is 2. The third kappa shape index (κ3) is 5.50. The minimum Gasteiger partial charge on any atom is -0.482 e. The molecule has 0 aliphatic heterocycles. The van der Waals surface area contributed by atoms with E-state index in [0.29, 0.717) is 27.8 Å². The number of benzene rings is 2. The van der Waals surface area contributed by atoms with Gasteiger partial charge in [-0.05, 0) is 29.7 Å². The molecule has 0 atom stereocenters. The number of rotatable bonds is 8. The van der Waals surface area contributed by atoms with Crippen molar-refractivity contribution in [3.8, 4) is 5.75 Å². The van der Waals surface area contributed by atoms with Gasteiger partial charge >= 0.3 is 0 Å². The maximum absolute atomic E-state index is 12.3. The third-order valence-corrected chi connectivity index (χ3v) is 4.95.